The van der Waals surface area contributed by atoms with Crippen LogP contribution in [0.15, 0.2) is 0 Å². The van der Waals surface area contributed by atoms with Crippen LogP contribution in [0.3, 0.4) is 0 Å². The summed E-state index contributed by atoms with van der Waals surface area (Å²) in [6.07, 6.45) is 5.43. The predicted octanol–water partition coefficient (Wildman–Crippen LogP) is 3.01. The summed E-state index contributed by atoms with van der Waals surface area (Å²) in [5.74, 6) is 0.927. The first-order valence-electron chi connectivity index (χ1n) is 8.53. The lowest BCUT2D eigenvalue weighted by molar-refractivity contribution is 0.0781. The molecule has 0 aromatic carbocycles. The van der Waals surface area contributed by atoms with E-state index in [1.807, 2.05) is 14.0 Å². The second-order valence-electron chi connectivity index (χ2n) is 6.45. The average molecular weight is 343 g/mol. The molecule has 0 N–H and O–H groups in total. The molecule has 0 saturated heterocycles. The molecule has 24 heavy (non-hydrogen) atoms. The number of hydrogen-bond donors (Lipinski definition) is 0. The molecule has 126 valence electrons. The van der Waals surface area contributed by atoms with Crippen LogP contribution in [-0.4, -0.2) is 44.0 Å². The van der Waals surface area contributed by atoms with Crippen LogP contribution in [0.25, 0.3) is 15.9 Å². The van der Waals surface area contributed by atoms with Crippen LogP contribution in [0.2, 0.25) is 0 Å². The lowest BCUT2D eigenvalue weighted by atomic mass is 10.2. The summed E-state index contributed by atoms with van der Waals surface area (Å²) in [6.45, 7) is 4.76. The van der Waals surface area contributed by atoms with Gasteiger partial charge in [-0.3, -0.25) is 4.79 Å². The van der Waals surface area contributed by atoms with E-state index in [4.69, 9.17) is 0 Å². The summed E-state index contributed by atoms with van der Waals surface area (Å²) in [5.41, 5.74) is 2.14. The highest BCUT2D eigenvalue weighted by molar-refractivity contribution is 7.19. The van der Waals surface area contributed by atoms with Gasteiger partial charge in [-0.25, -0.2) is 9.97 Å². The molecule has 4 rings (SSSR count). The maximum absolute atomic E-state index is 12.6. The minimum absolute atomic E-state index is 0.119. The highest BCUT2D eigenvalue weighted by Crippen LogP contribution is 2.38. The maximum atomic E-state index is 12.6. The van der Waals surface area contributed by atoms with Crippen molar-refractivity contribution < 1.29 is 4.79 Å². The number of hydrogen-bond acceptors (Lipinski definition) is 5. The van der Waals surface area contributed by atoms with E-state index in [-0.39, 0.29) is 11.7 Å². The first kappa shape index (κ1) is 15.5. The highest BCUT2D eigenvalue weighted by Gasteiger charge is 2.25. The lowest BCUT2D eigenvalue weighted by Crippen LogP contribution is -2.28. The standard InChI is InChI=1S/C17H21N5OS/c1-4-5-9-21(3)17(23)14-19-15-13-11-7-6-8-12(11)24-16(13)18-10(2)22(15)20-14/h4-9H2,1-3H3. The van der Waals surface area contributed by atoms with Crippen LogP contribution in [-0.2, 0) is 12.8 Å². The Labute approximate surface area is 144 Å². The monoisotopic (exact) mass is 343 g/mol. The first-order chi connectivity index (χ1) is 11.6. The zero-order valence-electron chi connectivity index (χ0n) is 14.3. The minimum atomic E-state index is -0.119. The van der Waals surface area contributed by atoms with Gasteiger partial charge in [-0.1, -0.05) is 13.3 Å². The van der Waals surface area contributed by atoms with E-state index in [9.17, 15) is 4.79 Å². The number of thiophene rings is 1. The number of carbonyl (C=O) groups excluding carboxylic acids is 1. The Morgan fingerprint density at radius 3 is 2.96 bits per heavy atom. The fourth-order valence-electron chi connectivity index (χ4n) is 3.35. The van der Waals surface area contributed by atoms with Crippen LogP contribution in [0, 0.1) is 6.92 Å². The van der Waals surface area contributed by atoms with Crippen LogP contribution < -0.4 is 0 Å². The molecule has 0 spiro atoms. The maximum Gasteiger partial charge on any atom is 0.293 e. The molecule has 3 aromatic rings. The van der Waals surface area contributed by atoms with Crippen molar-refractivity contribution in [2.45, 2.75) is 46.0 Å². The molecule has 0 radical (unpaired) electrons. The van der Waals surface area contributed by atoms with Gasteiger partial charge in [0.05, 0.1) is 5.39 Å². The van der Waals surface area contributed by atoms with E-state index in [1.54, 1.807) is 20.8 Å². The molecule has 0 saturated carbocycles. The largest absolute Gasteiger partial charge is 0.339 e. The Kier molecular flexibility index (Phi) is 3.75. The molecule has 6 nitrogen and oxygen atoms in total. The minimum Gasteiger partial charge on any atom is -0.339 e. The summed E-state index contributed by atoms with van der Waals surface area (Å²) in [4.78, 5) is 26.1. The number of unbranched alkanes of at least 4 members (excludes halogenated alkanes) is 1. The third-order valence-electron chi connectivity index (χ3n) is 4.69. The number of aromatic nitrogens is 4. The predicted molar refractivity (Wildman–Crippen MR) is 94.8 cm³/mol. The van der Waals surface area contributed by atoms with E-state index in [2.05, 4.69) is 22.0 Å². The second kappa shape index (κ2) is 5.81. The fourth-order valence-corrected chi connectivity index (χ4v) is 4.65. The summed E-state index contributed by atoms with van der Waals surface area (Å²) >= 11 is 1.76. The van der Waals surface area contributed by atoms with Gasteiger partial charge in [-0.05, 0) is 38.2 Å². The molecule has 1 amide bonds. The molecule has 7 heteroatoms. The van der Waals surface area contributed by atoms with E-state index in [1.165, 1.54) is 16.9 Å². The Morgan fingerprint density at radius 2 is 2.17 bits per heavy atom. The van der Waals surface area contributed by atoms with Gasteiger partial charge in [0.2, 0.25) is 5.82 Å². The van der Waals surface area contributed by atoms with Gasteiger partial charge in [-0.15, -0.1) is 16.4 Å². The summed E-state index contributed by atoms with van der Waals surface area (Å²) in [7, 11) is 1.81. The first-order valence-corrected chi connectivity index (χ1v) is 9.35. The number of amides is 1. The van der Waals surface area contributed by atoms with E-state index in [0.29, 0.717) is 0 Å². The summed E-state index contributed by atoms with van der Waals surface area (Å²) < 4.78 is 1.73. The molecule has 0 aliphatic heterocycles. The van der Waals surface area contributed by atoms with E-state index >= 15 is 0 Å². The van der Waals surface area contributed by atoms with Crippen molar-refractivity contribution in [1.29, 1.82) is 0 Å². The Balaban J connectivity index is 1.84. The topological polar surface area (TPSA) is 63.4 Å². The molecule has 1 aliphatic rings. The molecule has 3 aromatic heterocycles. The number of nitrogens with zero attached hydrogens (tertiary/aromatic N) is 5. The Hall–Kier alpha value is -2.02. The van der Waals surface area contributed by atoms with Crippen molar-refractivity contribution in [3.8, 4) is 0 Å². The molecule has 0 atom stereocenters. The van der Waals surface area contributed by atoms with Gasteiger partial charge >= 0.3 is 0 Å². The van der Waals surface area contributed by atoms with Crippen molar-refractivity contribution in [3.05, 3.63) is 22.1 Å². The van der Waals surface area contributed by atoms with Gasteiger partial charge in [0, 0.05) is 18.5 Å². The number of rotatable bonds is 4. The third-order valence-corrected chi connectivity index (χ3v) is 5.87. The van der Waals surface area contributed by atoms with Crippen LogP contribution in [0.5, 0.6) is 0 Å². The zero-order valence-corrected chi connectivity index (χ0v) is 15.1. The molecular formula is C17H21N5OS. The van der Waals surface area contributed by atoms with Crippen molar-refractivity contribution in [3.63, 3.8) is 0 Å². The van der Waals surface area contributed by atoms with Gasteiger partial charge in [0.1, 0.15) is 10.7 Å². The SMILES string of the molecule is CCCCN(C)C(=O)c1nc2c3c4c(sc3nc(C)n2n1)CCC4. The number of fused-ring (bicyclic) bond motifs is 5. The molecule has 1 aliphatic carbocycles. The Morgan fingerprint density at radius 1 is 1.33 bits per heavy atom. The third kappa shape index (κ3) is 2.30. The Bertz CT molecular complexity index is 942. The number of carbonyl (C=O) groups is 1. The van der Waals surface area contributed by atoms with Gasteiger partial charge < -0.3 is 4.90 Å². The van der Waals surface area contributed by atoms with Crippen LogP contribution >= 0.6 is 11.3 Å². The smallest absolute Gasteiger partial charge is 0.293 e. The van der Waals surface area contributed by atoms with Gasteiger partial charge in [0.15, 0.2) is 5.65 Å². The highest BCUT2D eigenvalue weighted by atomic mass is 32.1. The van der Waals surface area contributed by atoms with Crippen molar-refractivity contribution in [2.24, 2.45) is 0 Å². The average Bonchev–Trinajstić information content (AvgIpc) is 3.25. The molecule has 0 fully saturated rings. The quantitative estimate of drug-likeness (QED) is 0.730. The molecular weight excluding hydrogens is 322 g/mol. The summed E-state index contributed by atoms with van der Waals surface area (Å²) in [5, 5.41) is 5.55. The lowest BCUT2D eigenvalue weighted by Gasteiger charge is -2.13. The van der Waals surface area contributed by atoms with E-state index < -0.39 is 0 Å². The fraction of sp³-hybridized carbons (Fsp3) is 0.529. The van der Waals surface area contributed by atoms with Crippen LogP contribution in [0.4, 0.5) is 0 Å². The second-order valence-corrected chi connectivity index (χ2v) is 7.53. The van der Waals surface area contributed by atoms with Gasteiger partial charge in [0.25, 0.3) is 5.91 Å². The normalized spacial score (nSPS) is 13.8. The van der Waals surface area contributed by atoms with Gasteiger partial charge in [-0.2, -0.15) is 4.52 Å². The molecule has 0 bridgehead atoms. The molecule has 3 heterocycles. The van der Waals surface area contributed by atoms with Crippen LogP contribution in [0.1, 0.15) is 53.1 Å². The van der Waals surface area contributed by atoms with Crippen molar-refractivity contribution in [2.75, 3.05) is 13.6 Å². The van der Waals surface area contributed by atoms with Crippen molar-refractivity contribution in [1.82, 2.24) is 24.5 Å². The molecule has 0 unspecified atom stereocenters. The van der Waals surface area contributed by atoms with Crippen molar-refractivity contribution >= 4 is 33.1 Å². The van der Waals surface area contributed by atoms with E-state index in [0.717, 1.165) is 53.9 Å². The zero-order chi connectivity index (χ0) is 16.8. The number of aryl methyl sites for hydroxylation is 3. The summed E-state index contributed by atoms with van der Waals surface area (Å²) in [6, 6.07) is 0.